The van der Waals surface area contributed by atoms with E-state index >= 15 is 0 Å². The number of morpholine rings is 1. The van der Waals surface area contributed by atoms with Crippen LogP contribution in [0.2, 0.25) is 0 Å². The van der Waals surface area contributed by atoms with Crippen LogP contribution < -0.4 is 16.6 Å². The maximum absolute atomic E-state index is 12.9. The Morgan fingerprint density at radius 3 is 2.55 bits per heavy atom. The number of carbonyl (C=O) groups excluding carboxylic acids is 1. The molecule has 0 radical (unpaired) electrons. The molecule has 1 aromatic rings. The van der Waals surface area contributed by atoms with Gasteiger partial charge in [-0.2, -0.15) is 5.26 Å². The van der Waals surface area contributed by atoms with E-state index < -0.39 is 43.7 Å². The number of nitriles is 1. The number of hydrogen-bond donors (Lipinski definition) is 2. The fraction of sp³-hybridized carbons (Fsp3) is 0.714. The van der Waals surface area contributed by atoms with E-state index in [1.165, 1.54) is 10.8 Å². The van der Waals surface area contributed by atoms with Gasteiger partial charge >= 0.3 is 5.69 Å². The van der Waals surface area contributed by atoms with Crippen LogP contribution in [-0.2, 0) is 18.6 Å². The van der Waals surface area contributed by atoms with Gasteiger partial charge in [-0.25, -0.2) is 9.46 Å². The number of nitrogens with one attached hydrogen (secondary N) is 2. The third kappa shape index (κ3) is 4.63. The van der Waals surface area contributed by atoms with Crippen LogP contribution in [0.15, 0.2) is 15.8 Å². The van der Waals surface area contributed by atoms with Gasteiger partial charge in [0.2, 0.25) is 0 Å². The number of hydrogen-bond acceptors (Lipinski definition) is 8. The molecule has 5 atom stereocenters. The second-order valence-corrected chi connectivity index (χ2v) is 10.2. The second-order valence-electron chi connectivity index (χ2n) is 8.80. The van der Waals surface area contributed by atoms with E-state index in [1.54, 1.807) is 6.92 Å². The number of aromatic amines is 1. The van der Waals surface area contributed by atoms with Crippen molar-refractivity contribution in [3.63, 3.8) is 0 Å². The predicted octanol–water partition coefficient (Wildman–Crippen LogP) is 1.68. The van der Waals surface area contributed by atoms with E-state index in [4.69, 9.17) is 19.0 Å². The zero-order chi connectivity index (χ0) is 24.5. The van der Waals surface area contributed by atoms with E-state index in [2.05, 4.69) is 21.0 Å². The smallest absolute Gasteiger partial charge is 0.330 e. The first-order valence-electron chi connectivity index (χ1n) is 11.1. The largest absolute Gasteiger partial charge is 0.343 e. The fourth-order valence-corrected chi connectivity index (χ4v) is 6.19. The molecule has 2 bridgehead atoms. The minimum atomic E-state index is -1.64. The summed E-state index contributed by atoms with van der Waals surface area (Å²) < 4.78 is 22.1. The molecule has 1 amide bonds. The van der Waals surface area contributed by atoms with Gasteiger partial charge in [0.15, 0.2) is 11.8 Å². The summed E-state index contributed by atoms with van der Waals surface area (Å²) in [4.78, 5) is 39.6. The molecule has 0 saturated carbocycles. The van der Waals surface area contributed by atoms with Crippen molar-refractivity contribution in [2.75, 3.05) is 6.61 Å². The van der Waals surface area contributed by atoms with E-state index in [9.17, 15) is 14.4 Å². The Morgan fingerprint density at radius 1 is 1.30 bits per heavy atom. The van der Waals surface area contributed by atoms with Crippen molar-refractivity contribution in [1.29, 1.82) is 5.26 Å². The molecule has 12 heteroatoms. The topological polar surface area (TPSA) is 139 Å². The maximum atomic E-state index is 12.9. The van der Waals surface area contributed by atoms with Gasteiger partial charge in [0.1, 0.15) is 12.1 Å². The highest BCUT2D eigenvalue weighted by Crippen LogP contribution is 2.54. The molecule has 2 N–H and O–H groups in total. The predicted molar refractivity (Wildman–Crippen MR) is 121 cm³/mol. The third-order valence-electron chi connectivity index (χ3n) is 5.92. The molecule has 2 aliphatic heterocycles. The summed E-state index contributed by atoms with van der Waals surface area (Å²) in [5.74, 6) is -0.307. The van der Waals surface area contributed by atoms with Crippen molar-refractivity contribution in [2.45, 2.75) is 90.4 Å². The number of rotatable bonds is 10. The molecular weight excluding hydrogens is 449 g/mol. The summed E-state index contributed by atoms with van der Waals surface area (Å²) in [7, 11) is -1.64. The van der Waals surface area contributed by atoms with Gasteiger partial charge in [-0.1, -0.05) is 6.92 Å². The Balaban J connectivity index is 1.98. The first-order valence-corrected chi connectivity index (χ1v) is 12.3. The van der Waals surface area contributed by atoms with Crippen LogP contribution in [0.4, 0.5) is 0 Å². The van der Waals surface area contributed by atoms with Gasteiger partial charge in [0, 0.05) is 23.8 Å². The average molecular weight is 481 g/mol. The lowest BCUT2D eigenvalue weighted by Crippen LogP contribution is -2.50. The minimum Gasteiger partial charge on any atom is -0.343 e. The molecule has 3 rings (SSSR count). The number of ether oxygens (including phenoxy) is 1. The molecule has 2 saturated heterocycles. The summed E-state index contributed by atoms with van der Waals surface area (Å²) in [6.45, 7) is 11.7. The molecule has 2 fully saturated rings. The van der Waals surface area contributed by atoms with Gasteiger partial charge in [-0.3, -0.25) is 19.1 Å². The lowest BCUT2D eigenvalue weighted by molar-refractivity contribution is -0.162. The van der Waals surface area contributed by atoms with Gasteiger partial charge in [0.05, 0.1) is 19.1 Å². The molecule has 0 aromatic carbocycles. The molecule has 182 valence electrons. The first-order chi connectivity index (χ1) is 15.6. The zero-order valence-corrected chi connectivity index (χ0v) is 20.7. The average Bonchev–Trinajstić information content (AvgIpc) is 3.18. The molecule has 2 aliphatic rings. The SMILES string of the molecule is CC[C@@]12O[C@@H](n3cc(C)c(=O)[nH]c3=O)C(NC1=O)[C@H]2OP(OCCC#N)N(C(C)C)C(C)C. The standard InChI is InChI=1S/C21H32N5O6P/c1-7-21-16(32-33(30-10-8-9-22)26(12(2)3)13(4)5)15(23-19(21)28)18(31-21)25-11-14(6)17(27)24-20(25)29/h11-13,15-16,18H,7-8,10H2,1-6H3,(H,23,28)(H,24,27,29)/t15?,16-,18-,21+,33?/m1/s1. The minimum absolute atomic E-state index is 0.0830. The lowest BCUT2D eigenvalue weighted by atomic mass is 9.96. The Bertz CT molecular complexity index is 1030. The fourth-order valence-electron chi connectivity index (χ4n) is 4.39. The Hall–Kier alpha value is -2.09. The van der Waals surface area contributed by atoms with Crippen LogP contribution in [0.25, 0.3) is 0 Å². The highest BCUT2D eigenvalue weighted by molar-refractivity contribution is 7.44. The summed E-state index contributed by atoms with van der Waals surface area (Å²) in [5.41, 5.74) is -2.05. The Labute approximate surface area is 194 Å². The molecule has 0 spiro atoms. The molecule has 33 heavy (non-hydrogen) atoms. The highest BCUT2D eigenvalue weighted by atomic mass is 31.2. The highest BCUT2D eigenvalue weighted by Gasteiger charge is 2.67. The van der Waals surface area contributed by atoms with Gasteiger partial charge in [-0.15, -0.1) is 0 Å². The number of amides is 1. The summed E-state index contributed by atoms with van der Waals surface area (Å²) in [6, 6.07) is 1.57. The number of carbonyl (C=O) groups is 1. The van der Waals surface area contributed by atoms with Crippen molar-refractivity contribution in [2.24, 2.45) is 0 Å². The monoisotopic (exact) mass is 481 g/mol. The number of aryl methyl sites for hydroxylation is 1. The quantitative estimate of drug-likeness (QED) is 0.380. The molecule has 2 unspecified atom stereocenters. The number of aromatic nitrogens is 2. The van der Waals surface area contributed by atoms with Gasteiger partial charge in [0.25, 0.3) is 20.0 Å². The maximum Gasteiger partial charge on any atom is 0.330 e. The van der Waals surface area contributed by atoms with Crippen molar-refractivity contribution in [1.82, 2.24) is 19.5 Å². The molecular formula is C21H32N5O6P. The zero-order valence-electron chi connectivity index (χ0n) is 19.8. The van der Waals surface area contributed by atoms with Crippen molar-refractivity contribution in [3.8, 4) is 6.07 Å². The Kier molecular flexibility index (Phi) is 7.76. The Morgan fingerprint density at radius 2 is 1.97 bits per heavy atom. The summed E-state index contributed by atoms with van der Waals surface area (Å²) in [5, 5.41) is 11.9. The molecule has 3 heterocycles. The molecule has 1 aromatic heterocycles. The van der Waals surface area contributed by atoms with Crippen molar-refractivity contribution < 1.29 is 18.6 Å². The van der Waals surface area contributed by atoms with Crippen LogP contribution >= 0.6 is 8.53 Å². The van der Waals surface area contributed by atoms with Crippen LogP contribution in [0.5, 0.6) is 0 Å². The van der Waals surface area contributed by atoms with Crippen molar-refractivity contribution in [3.05, 3.63) is 32.6 Å². The van der Waals surface area contributed by atoms with E-state index in [-0.39, 0.29) is 31.0 Å². The number of fused-ring (bicyclic) bond motifs is 2. The lowest BCUT2D eigenvalue weighted by Gasteiger charge is -2.38. The van der Waals surface area contributed by atoms with Crippen LogP contribution in [0.1, 0.15) is 59.3 Å². The molecule has 0 aliphatic carbocycles. The summed E-state index contributed by atoms with van der Waals surface area (Å²) in [6.07, 6.45) is 0.380. The first kappa shape index (κ1) is 25.5. The van der Waals surface area contributed by atoms with E-state index in [0.717, 1.165) is 0 Å². The second kappa shape index (κ2) is 10.0. The molecule has 11 nitrogen and oxygen atoms in total. The number of nitrogens with zero attached hydrogens (tertiary/aromatic N) is 3. The normalized spacial score (nSPS) is 27.4. The van der Waals surface area contributed by atoms with E-state index in [0.29, 0.717) is 12.0 Å². The van der Waals surface area contributed by atoms with E-state index in [1.807, 2.05) is 34.6 Å². The van der Waals surface area contributed by atoms with Crippen LogP contribution in [-0.4, -0.2) is 56.6 Å². The number of H-pyrrole nitrogens is 1. The van der Waals surface area contributed by atoms with Gasteiger partial charge in [-0.05, 0) is 41.0 Å². The van der Waals surface area contributed by atoms with Crippen LogP contribution in [0, 0.1) is 18.3 Å². The van der Waals surface area contributed by atoms with Crippen molar-refractivity contribution >= 4 is 14.4 Å². The summed E-state index contributed by atoms with van der Waals surface area (Å²) >= 11 is 0. The van der Waals surface area contributed by atoms with Crippen LogP contribution in [0.3, 0.4) is 0 Å². The third-order valence-corrected chi connectivity index (χ3v) is 8.03. The van der Waals surface area contributed by atoms with Gasteiger partial charge < -0.3 is 19.1 Å².